The van der Waals surface area contributed by atoms with Gasteiger partial charge in [0.05, 0.1) is 6.61 Å². The number of nitrogens with one attached hydrogen (secondary N) is 3. The van der Waals surface area contributed by atoms with E-state index in [1.807, 2.05) is 0 Å². The first-order chi connectivity index (χ1) is 14.5. The largest absolute Gasteiger partial charge is 0.352 e. The van der Waals surface area contributed by atoms with E-state index in [2.05, 4.69) is 36.9 Å². The van der Waals surface area contributed by atoms with E-state index in [0.29, 0.717) is 11.6 Å². The van der Waals surface area contributed by atoms with Gasteiger partial charge in [-0.1, -0.05) is 39.0 Å². The number of H-pyrrole nitrogens is 2. The molecule has 162 valence electrons. The van der Waals surface area contributed by atoms with Gasteiger partial charge in [-0.3, -0.25) is 4.79 Å². The minimum Gasteiger partial charge on any atom is -0.352 e. The lowest BCUT2D eigenvalue weighted by Gasteiger charge is -2.15. The number of halogens is 2. The van der Waals surface area contributed by atoms with Gasteiger partial charge in [-0.25, -0.2) is 4.98 Å². The number of rotatable bonds is 6. The molecule has 0 unspecified atom stereocenters. The maximum Gasteiger partial charge on any atom is 0.345 e. The molecule has 0 saturated heterocycles. The lowest BCUT2D eigenvalue weighted by Crippen LogP contribution is -2.13. The molecule has 3 heterocycles. The molecule has 1 aliphatic rings. The Labute approximate surface area is 173 Å². The molecule has 4 rings (SSSR count). The summed E-state index contributed by atoms with van der Waals surface area (Å²) < 4.78 is 27.8. The Hall–Kier alpha value is -2.81. The maximum absolute atomic E-state index is 11.8. The first-order valence-electron chi connectivity index (χ1n) is 10.2. The van der Waals surface area contributed by atoms with Crippen LogP contribution < -0.4 is 10.9 Å². The second-order valence-corrected chi connectivity index (χ2v) is 7.40. The monoisotopic (exact) mass is 419 g/mol. The van der Waals surface area contributed by atoms with E-state index < -0.39 is 6.61 Å². The summed E-state index contributed by atoms with van der Waals surface area (Å²) in [6.45, 7) is -0.405. The summed E-state index contributed by atoms with van der Waals surface area (Å²) in [6.07, 6.45) is 12.4. The summed E-state index contributed by atoms with van der Waals surface area (Å²) >= 11 is 0. The van der Waals surface area contributed by atoms with E-state index >= 15 is 0 Å². The van der Waals surface area contributed by atoms with Crippen molar-refractivity contribution < 1.29 is 13.5 Å². The molecule has 0 aliphatic heterocycles. The number of hydrogen-bond acceptors (Lipinski definition) is 5. The molecule has 3 aromatic heterocycles. The Bertz CT molecular complexity index is 962. The molecular formula is C21H27F2N5O2. The molecular weight excluding hydrogens is 392 g/mol. The van der Waals surface area contributed by atoms with Crippen molar-refractivity contribution in [2.75, 3.05) is 18.5 Å². The molecule has 9 heteroatoms. The maximum atomic E-state index is 11.8. The molecule has 3 N–H and O–H groups in total. The second kappa shape index (κ2) is 10.8. The number of alkyl halides is 2. The van der Waals surface area contributed by atoms with E-state index in [0.717, 1.165) is 22.4 Å². The standard InChI is InChI=1S/C14H13F2N5O2.C7H14/c15-13(16)23-4-3-17-14-20-7-10-9(6-19-12(10)21-14)8-1-2-11(22)18-5-8;1-7-5-3-2-4-6-7/h1-2,5-7,13H,3-4H2,(H,18,22)(H2,17,19,20,21);7H,2-6H2,1H3. The van der Waals surface area contributed by atoms with Crippen LogP contribution in [-0.2, 0) is 4.74 Å². The number of hydrogen-bond donors (Lipinski definition) is 3. The minimum atomic E-state index is -2.79. The molecule has 1 aliphatic carbocycles. The van der Waals surface area contributed by atoms with Gasteiger partial charge in [-0.05, 0) is 12.0 Å². The van der Waals surface area contributed by atoms with Gasteiger partial charge in [0.15, 0.2) is 0 Å². The number of ether oxygens (including phenoxy) is 1. The first-order valence-corrected chi connectivity index (χ1v) is 10.2. The van der Waals surface area contributed by atoms with E-state index in [4.69, 9.17) is 0 Å². The molecule has 3 aromatic rings. The molecule has 0 radical (unpaired) electrons. The Balaban J connectivity index is 0.000000310. The highest BCUT2D eigenvalue weighted by Crippen LogP contribution is 2.26. The van der Waals surface area contributed by atoms with Crippen LogP contribution in [0.4, 0.5) is 14.7 Å². The topological polar surface area (TPSA) is 95.7 Å². The average molecular weight is 419 g/mol. The smallest absolute Gasteiger partial charge is 0.345 e. The quantitative estimate of drug-likeness (QED) is 0.510. The van der Waals surface area contributed by atoms with Crippen LogP contribution in [0, 0.1) is 5.92 Å². The number of fused-ring (bicyclic) bond motifs is 1. The molecule has 1 fully saturated rings. The van der Waals surface area contributed by atoms with Crippen LogP contribution in [0.5, 0.6) is 0 Å². The number of aromatic nitrogens is 4. The lowest BCUT2D eigenvalue weighted by atomic mass is 9.91. The number of aromatic amines is 2. The van der Waals surface area contributed by atoms with Crippen LogP contribution >= 0.6 is 0 Å². The van der Waals surface area contributed by atoms with Gasteiger partial charge in [-0.15, -0.1) is 0 Å². The Morgan fingerprint density at radius 3 is 2.63 bits per heavy atom. The molecule has 0 spiro atoms. The number of nitrogens with zero attached hydrogens (tertiary/aromatic N) is 2. The zero-order valence-corrected chi connectivity index (χ0v) is 17.0. The second-order valence-electron chi connectivity index (χ2n) is 7.40. The van der Waals surface area contributed by atoms with Gasteiger partial charge in [0.25, 0.3) is 0 Å². The van der Waals surface area contributed by atoms with E-state index in [1.54, 1.807) is 24.7 Å². The molecule has 0 bridgehead atoms. The van der Waals surface area contributed by atoms with Gasteiger partial charge >= 0.3 is 6.61 Å². The van der Waals surface area contributed by atoms with Crippen LogP contribution in [0.25, 0.3) is 22.2 Å². The summed E-state index contributed by atoms with van der Waals surface area (Å²) in [5.74, 6) is 1.35. The van der Waals surface area contributed by atoms with Crippen molar-refractivity contribution in [2.24, 2.45) is 5.92 Å². The fourth-order valence-corrected chi connectivity index (χ4v) is 3.43. The van der Waals surface area contributed by atoms with Crippen molar-refractivity contribution in [1.29, 1.82) is 0 Å². The normalized spacial score (nSPS) is 14.5. The Kier molecular flexibility index (Phi) is 7.89. The average Bonchev–Trinajstić information content (AvgIpc) is 3.16. The first kappa shape index (κ1) is 21.9. The molecule has 1 saturated carbocycles. The van der Waals surface area contributed by atoms with Crippen molar-refractivity contribution in [2.45, 2.75) is 45.6 Å². The summed E-state index contributed by atoms with van der Waals surface area (Å²) in [6, 6.07) is 3.14. The Morgan fingerprint density at radius 2 is 2.00 bits per heavy atom. The highest BCUT2D eigenvalue weighted by atomic mass is 19.3. The van der Waals surface area contributed by atoms with Gasteiger partial charge < -0.3 is 20.0 Å². The van der Waals surface area contributed by atoms with E-state index in [-0.39, 0.29) is 18.7 Å². The van der Waals surface area contributed by atoms with Crippen LogP contribution in [0.15, 0.2) is 35.5 Å². The van der Waals surface area contributed by atoms with Crippen molar-refractivity contribution in [3.63, 3.8) is 0 Å². The summed E-state index contributed by atoms with van der Waals surface area (Å²) in [4.78, 5) is 25.1. The van der Waals surface area contributed by atoms with Crippen molar-refractivity contribution in [1.82, 2.24) is 19.9 Å². The third-order valence-electron chi connectivity index (χ3n) is 5.05. The molecule has 0 amide bonds. The van der Waals surface area contributed by atoms with Crippen LogP contribution in [-0.4, -0.2) is 39.7 Å². The van der Waals surface area contributed by atoms with Crippen molar-refractivity contribution >= 4 is 17.0 Å². The molecule has 0 atom stereocenters. The van der Waals surface area contributed by atoms with E-state index in [9.17, 15) is 13.6 Å². The fraction of sp³-hybridized carbons (Fsp3) is 0.476. The minimum absolute atomic E-state index is 0.146. The lowest BCUT2D eigenvalue weighted by molar-refractivity contribution is -0.125. The Morgan fingerprint density at radius 1 is 1.20 bits per heavy atom. The van der Waals surface area contributed by atoms with Crippen molar-refractivity contribution in [3.05, 3.63) is 41.1 Å². The van der Waals surface area contributed by atoms with E-state index in [1.165, 1.54) is 38.2 Å². The highest BCUT2D eigenvalue weighted by molar-refractivity contribution is 5.93. The highest BCUT2D eigenvalue weighted by Gasteiger charge is 2.09. The van der Waals surface area contributed by atoms with Crippen LogP contribution in [0.2, 0.25) is 0 Å². The number of pyridine rings is 1. The summed E-state index contributed by atoms with van der Waals surface area (Å²) in [5, 5.41) is 3.58. The van der Waals surface area contributed by atoms with Gasteiger partial charge in [0.2, 0.25) is 11.5 Å². The van der Waals surface area contributed by atoms with Gasteiger partial charge in [-0.2, -0.15) is 13.8 Å². The van der Waals surface area contributed by atoms with Crippen LogP contribution in [0.3, 0.4) is 0 Å². The zero-order chi connectivity index (χ0) is 21.3. The van der Waals surface area contributed by atoms with Gasteiger partial charge in [0, 0.05) is 47.7 Å². The summed E-state index contributed by atoms with van der Waals surface area (Å²) in [5.41, 5.74) is 2.09. The number of anilines is 1. The predicted molar refractivity (Wildman–Crippen MR) is 113 cm³/mol. The molecule has 7 nitrogen and oxygen atoms in total. The van der Waals surface area contributed by atoms with Crippen LogP contribution in [0.1, 0.15) is 39.0 Å². The fourth-order valence-electron chi connectivity index (χ4n) is 3.43. The molecule has 0 aromatic carbocycles. The third-order valence-corrected chi connectivity index (χ3v) is 5.05. The third kappa shape index (κ3) is 6.35. The zero-order valence-electron chi connectivity index (χ0n) is 17.0. The SMILES string of the molecule is CC1CCCCC1.O=c1ccc(-c2c[nH]c3nc(NCCOC(F)F)ncc23)c[nH]1. The van der Waals surface area contributed by atoms with Gasteiger partial charge in [0.1, 0.15) is 5.65 Å². The summed E-state index contributed by atoms with van der Waals surface area (Å²) in [7, 11) is 0. The van der Waals surface area contributed by atoms with Crippen molar-refractivity contribution in [3.8, 4) is 11.1 Å². The predicted octanol–water partition coefficient (Wildman–Crippen LogP) is 4.55. The molecule has 30 heavy (non-hydrogen) atoms.